The third kappa shape index (κ3) is 6.11. The number of nitrogens with one attached hydrogen (secondary N) is 1. The van der Waals surface area contributed by atoms with Crippen LogP contribution in [-0.4, -0.2) is 47.8 Å². The van der Waals surface area contributed by atoms with Crippen LogP contribution in [0.3, 0.4) is 0 Å². The van der Waals surface area contributed by atoms with Crippen molar-refractivity contribution in [2.24, 2.45) is 5.41 Å². The van der Waals surface area contributed by atoms with Gasteiger partial charge in [-0.05, 0) is 52.9 Å². The highest BCUT2D eigenvalue weighted by Crippen LogP contribution is 2.37. The molecule has 1 saturated carbocycles. The van der Waals surface area contributed by atoms with Crippen LogP contribution >= 0.6 is 0 Å². The third-order valence-electron chi connectivity index (χ3n) is 4.56. The van der Waals surface area contributed by atoms with Crippen molar-refractivity contribution in [1.82, 2.24) is 10.2 Å². The summed E-state index contributed by atoms with van der Waals surface area (Å²) in [5.41, 5.74) is 0.578. The molecule has 0 heterocycles. The highest BCUT2D eigenvalue weighted by atomic mass is 16.3. The number of rotatable bonds is 7. The van der Waals surface area contributed by atoms with Gasteiger partial charge in [0.2, 0.25) is 0 Å². The van der Waals surface area contributed by atoms with Gasteiger partial charge in [-0.2, -0.15) is 0 Å². The van der Waals surface area contributed by atoms with Crippen molar-refractivity contribution in [3.05, 3.63) is 0 Å². The van der Waals surface area contributed by atoms with Crippen LogP contribution in [0.2, 0.25) is 0 Å². The lowest BCUT2D eigenvalue weighted by Crippen LogP contribution is -2.51. The fourth-order valence-electron chi connectivity index (χ4n) is 3.22. The van der Waals surface area contributed by atoms with Gasteiger partial charge in [0.05, 0.1) is 6.61 Å². The lowest BCUT2D eigenvalue weighted by Gasteiger charge is -2.44. The fourth-order valence-corrected chi connectivity index (χ4v) is 3.22. The first-order valence-corrected chi connectivity index (χ1v) is 8.38. The standard InChI is InChI=1S/C17H36N2O/c1-15(2)19(11-12-20)14-17(9-7-6-8-10-17)13-18-16(3,4)5/h15,18,20H,6-14H2,1-5H3. The average molecular weight is 284 g/mol. The van der Waals surface area contributed by atoms with E-state index in [2.05, 4.69) is 44.8 Å². The van der Waals surface area contributed by atoms with E-state index in [0.717, 1.165) is 19.6 Å². The van der Waals surface area contributed by atoms with Crippen LogP contribution in [0.25, 0.3) is 0 Å². The molecule has 0 radical (unpaired) electrons. The van der Waals surface area contributed by atoms with E-state index in [0.29, 0.717) is 11.5 Å². The number of hydrogen-bond donors (Lipinski definition) is 2. The smallest absolute Gasteiger partial charge is 0.0558 e. The Bertz CT molecular complexity index is 265. The van der Waals surface area contributed by atoms with Crippen molar-refractivity contribution in [1.29, 1.82) is 0 Å². The van der Waals surface area contributed by atoms with Gasteiger partial charge in [0, 0.05) is 31.2 Å². The van der Waals surface area contributed by atoms with Crippen molar-refractivity contribution >= 4 is 0 Å². The van der Waals surface area contributed by atoms with Gasteiger partial charge < -0.3 is 10.4 Å². The summed E-state index contributed by atoms with van der Waals surface area (Å²) in [6, 6.07) is 0.510. The second-order valence-electron chi connectivity index (χ2n) is 7.95. The maximum atomic E-state index is 9.30. The van der Waals surface area contributed by atoms with E-state index >= 15 is 0 Å². The lowest BCUT2D eigenvalue weighted by atomic mass is 9.73. The van der Waals surface area contributed by atoms with Gasteiger partial charge in [-0.3, -0.25) is 4.90 Å². The van der Waals surface area contributed by atoms with E-state index in [1.54, 1.807) is 0 Å². The minimum atomic E-state index is 0.185. The van der Waals surface area contributed by atoms with Crippen LogP contribution in [-0.2, 0) is 0 Å². The van der Waals surface area contributed by atoms with E-state index in [9.17, 15) is 5.11 Å². The molecular weight excluding hydrogens is 248 g/mol. The molecule has 1 aliphatic rings. The number of aliphatic hydroxyl groups is 1. The van der Waals surface area contributed by atoms with Gasteiger partial charge in [0.25, 0.3) is 0 Å². The van der Waals surface area contributed by atoms with Crippen LogP contribution in [0.5, 0.6) is 0 Å². The number of aliphatic hydroxyl groups excluding tert-OH is 1. The zero-order valence-corrected chi connectivity index (χ0v) is 14.3. The molecule has 0 aromatic heterocycles. The Labute approximate surface area is 126 Å². The molecule has 1 fully saturated rings. The molecule has 0 aromatic carbocycles. The Morgan fingerprint density at radius 3 is 2.20 bits per heavy atom. The Morgan fingerprint density at radius 2 is 1.75 bits per heavy atom. The molecule has 0 aliphatic heterocycles. The van der Waals surface area contributed by atoms with Gasteiger partial charge in [-0.1, -0.05) is 19.3 Å². The Kier molecular flexibility index (Phi) is 6.96. The number of hydrogen-bond acceptors (Lipinski definition) is 3. The van der Waals surface area contributed by atoms with Gasteiger partial charge >= 0.3 is 0 Å². The van der Waals surface area contributed by atoms with Crippen molar-refractivity contribution < 1.29 is 5.11 Å². The molecule has 0 saturated heterocycles. The molecule has 0 bridgehead atoms. The van der Waals surface area contributed by atoms with E-state index in [-0.39, 0.29) is 12.1 Å². The van der Waals surface area contributed by atoms with Gasteiger partial charge in [0.15, 0.2) is 0 Å². The second-order valence-corrected chi connectivity index (χ2v) is 7.95. The van der Waals surface area contributed by atoms with Crippen molar-refractivity contribution in [3.8, 4) is 0 Å². The molecule has 20 heavy (non-hydrogen) atoms. The summed E-state index contributed by atoms with van der Waals surface area (Å²) in [5, 5.41) is 13.0. The topological polar surface area (TPSA) is 35.5 Å². The van der Waals surface area contributed by atoms with E-state index in [1.165, 1.54) is 32.1 Å². The quantitative estimate of drug-likeness (QED) is 0.754. The normalized spacial score (nSPS) is 19.8. The maximum absolute atomic E-state index is 9.30. The Balaban J connectivity index is 2.71. The van der Waals surface area contributed by atoms with Crippen LogP contribution < -0.4 is 5.32 Å². The molecule has 1 aliphatic carbocycles. The third-order valence-corrected chi connectivity index (χ3v) is 4.56. The molecule has 3 nitrogen and oxygen atoms in total. The molecule has 2 N–H and O–H groups in total. The molecule has 3 heteroatoms. The van der Waals surface area contributed by atoms with Crippen LogP contribution in [0, 0.1) is 5.41 Å². The zero-order valence-electron chi connectivity index (χ0n) is 14.3. The van der Waals surface area contributed by atoms with E-state index in [1.807, 2.05) is 0 Å². The lowest BCUT2D eigenvalue weighted by molar-refractivity contribution is 0.0655. The largest absolute Gasteiger partial charge is 0.395 e. The minimum Gasteiger partial charge on any atom is -0.395 e. The SMILES string of the molecule is CC(C)N(CCO)CC1(CNC(C)(C)C)CCCCC1. The first kappa shape index (κ1) is 17.9. The minimum absolute atomic E-state index is 0.185. The van der Waals surface area contributed by atoms with Gasteiger partial charge in [-0.15, -0.1) is 0 Å². The predicted octanol–water partition coefficient (Wildman–Crippen LogP) is 3.03. The summed E-state index contributed by atoms with van der Waals surface area (Å²) < 4.78 is 0. The van der Waals surface area contributed by atoms with Gasteiger partial charge in [0.1, 0.15) is 0 Å². The highest BCUT2D eigenvalue weighted by Gasteiger charge is 2.35. The summed E-state index contributed by atoms with van der Waals surface area (Å²) in [4.78, 5) is 2.45. The second kappa shape index (κ2) is 7.77. The first-order chi connectivity index (χ1) is 9.28. The first-order valence-electron chi connectivity index (χ1n) is 8.38. The van der Waals surface area contributed by atoms with Gasteiger partial charge in [-0.25, -0.2) is 0 Å². The molecule has 0 atom stereocenters. The van der Waals surface area contributed by atoms with Crippen molar-refractivity contribution in [2.45, 2.75) is 78.3 Å². The van der Waals surface area contributed by atoms with Crippen molar-refractivity contribution in [3.63, 3.8) is 0 Å². The maximum Gasteiger partial charge on any atom is 0.0558 e. The molecule has 1 rings (SSSR count). The fraction of sp³-hybridized carbons (Fsp3) is 1.00. The Hall–Kier alpha value is -0.120. The van der Waals surface area contributed by atoms with E-state index < -0.39 is 0 Å². The molecule has 0 aromatic rings. The summed E-state index contributed by atoms with van der Waals surface area (Å²) >= 11 is 0. The van der Waals surface area contributed by atoms with E-state index in [4.69, 9.17) is 0 Å². The Morgan fingerprint density at radius 1 is 1.15 bits per heavy atom. The average Bonchev–Trinajstić information content (AvgIpc) is 2.36. The van der Waals surface area contributed by atoms with Crippen LogP contribution in [0.4, 0.5) is 0 Å². The number of nitrogens with zero attached hydrogens (tertiary/aromatic N) is 1. The molecule has 0 unspecified atom stereocenters. The summed E-state index contributed by atoms with van der Waals surface area (Å²) in [6.07, 6.45) is 6.75. The summed E-state index contributed by atoms with van der Waals surface area (Å²) in [5.74, 6) is 0. The molecule has 0 spiro atoms. The molecular formula is C17H36N2O. The van der Waals surface area contributed by atoms with Crippen molar-refractivity contribution in [2.75, 3.05) is 26.2 Å². The van der Waals surface area contributed by atoms with Crippen LogP contribution in [0.1, 0.15) is 66.7 Å². The highest BCUT2D eigenvalue weighted by molar-refractivity contribution is 4.90. The predicted molar refractivity (Wildman–Crippen MR) is 87.1 cm³/mol. The molecule has 120 valence electrons. The summed E-state index contributed by atoms with van der Waals surface area (Å²) in [6.45, 7) is 14.5. The summed E-state index contributed by atoms with van der Waals surface area (Å²) in [7, 11) is 0. The van der Waals surface area contributed by atoms with Crippen LogP contribution in [0.15, 0.2) is 0 Å². The molecule has 0 amide bonds. The monoisotopic (exact) mass is 284 g/mol. The zero-order chi connectivity index (χ0) is 15.2.